The number of ether oxygens (including phenoxy) is 1. The highest BCUT2D eigenvalue weighted by Crippen LogP contribution is 2.23. The van der Waals surface area contributed by atoms with E-state index in [2.05, 4.69) is 36.2 Å². The molecular formula is C19H22N6O. The van der Waals surface area contributed by atoms with Crippen molar-refractivity contribution >= 4 is 16.9 Å². The van der Waals surface area contributed by atoms with E-state index in [0.29, 0.717) is 6.54 Å². The van der Waals surface area contributed by atoms with Gasteiger partial charge in [-0.25, -0.2) is 15.0 Å². The summed E-state index contributed by atoms with van der Waals surface area (Å²) in [6, 6.07) is 8.24. The standard InChI is InChI=1S/C19H22N6O/c1-14-4-5-16-18(24-14)19(23-13-22-16)21-12-17(15-3-2-6-20-11-15)25-7-9-26-10-8-25/h2-6,11,13,17H,7-10,12H2,1H3,(H,21,22,23). The van der Waals surface area contributed by atoms with Gasteiger partial charge in [-0.1, -0.05) is 6.07 Å². The first-order valence-electron chi connectivity index (χ1n) is 8.85. The predicted octanol–water partition coefficient (Wildman–Crippen LogP) is 2.21. The third-order valence-electron chi connectivity index (χ3n) is 4.64. The quantitative estimate of drug-likeness (QED) is 0.756. The van der Waals surface area contributed by atoms with Crippen molar-refractivity contribution in [2.45, 2.75) is 13.0 Å². The molecule has 26 heavy (non-hydrogen) atoms. The minimum atomic E-state index is 0.197. The zero-order valence-corrected chi connectivity index (χ0v) is 14.8. The summed E-state index contributed by atoms with van der Waals surface area (Å²) in [6.07, 6.45) is 5.32. The molecule has 0 radical (unpaired) electrons. The van der Waals surface area contributed by atoms with Gasteiger partial charge < -0.3 is 10.1 Å². The van der Waals surface area contributed by atoms with Gasteiger partial charge in [0.2, 0.25) is 0 Å². The Bertz CT molecular complexity index is 866. The van der Waals surface area contributed by atoms with Crippen molar-refractivity contribution in [3.63, 3.8) is 0 Å². The van der Waals surface area contributed by atoms with E-state index in [1.807, 2.05) is 31.3 Å². The van der Waals surface area contributed by atoms with Gasteiger partial charge in [0.1, 0.15) is 11.8 Å². The van der Waals surface area contributed by atoms with Gasteiger partial charge in [-0.05, 0) is 30.7 Å². The van der Waals surface area contributed by atoms with Crippen molar-refractivity contribution in [3.05, 3.63) is 54.2 Å². The van der Waals surface area contributed by atoms with Crippen LogP contribution >= 0.6 is 0 Å². The molecule has 7 heteroatoms. The van der Waals surface area contributed by atoms with Gasteiger partial charge in [0.15, 0.2) is 5.82 Å². The summed E-state index contributed by atoms with van der Waals surface area (Å²) < 4.78 is 5.51. The summed E-state index contributed by atoms with van der Waals surface area (Å²) in [6.45, 7) is 6.02. The van der Waals surface area contributed by atoms with Crippen LogP contribution in [0.15, 0.2) is 43.0 Å². The van der Waals surface area contributed by atoms with Gasteiger partial charge in [-0.2, -0.15) is 0 Å². The average Bonchev–Trinajstić information content (AvgIpc) is 2.70. The molecule has 134 valence electrons. The Morgan fingerprint density at radius 2 is 2.08 bits per heavy atom. The molecule has 4 heterocycles. The molecule has 0 saturated carbocycles. The summed E-state index contributed by atoms with van der Waals surface area (Å²) >= 11 is 0. The third-order valence-corrected chi connectivity index (χ3v) is 4.64. The Hall–Kier alpha value is -2.64. The van der Waals surface area contributed by atoms with Crippen molar-refractivity contribution in [1.29, 1.82) is 0 Å². The third kappa shape index (κ3) is 3.63. The Kier molecular flexibility index (Phi) is 4.99. The van der Waals surface area contributed by atoms with Gasteiger partial charge in [0.25, 0.3) is 0 Å². The van der Waals surface area contributed by atoms with Gasteiger partial charge in [-0.3, -0.25) is 9.88 Å². The highest BCUT2D eigenvalue weighted by atomic mass is 16.5. The number of hydrogen-bond acceptors (Lipinski definition) is 7. The lowest BCUT2D eigenvalue weighted by molar-refractivity contribution is 0.0186. The second-order valence-corrected chi connectivity index (χ2v) is 6.37. The lowest BCUT2D eigenvalue weighted by atomic mass is 10.1. The molecule has 3 aromatic rings. The lowest BCUT2D eigenvalue weighted by Crippen LogP contribution is -2.41. The molecule has 1 aliphatic heterocycles. The second-order valence-electron chi connectivity index (χ2n) is 6.37. The van der Waals surface area contributed by atoms with Gasteiger partial charge in [0, 0.05) is 37.7 Å². The smallest absolute Gasteiger partial charge is 0.156 e. The number of nitrogens with one attached hydrogen (secondary N) is 1. The molecule has 1 aliphatic rings. The van der Waals surface area contributed by atoms with E-state index in [0.717, 1.165) is 48.8 Å². The fourth-order valence-electron chi connectivity index (χ4n) is 3.28. The molecule has 3 aromatic heterocycles. The van der Waals surface area contributed by atoms with E-state index < -0.39 is 0 Å². The largest absolute Gasteiger partial charge is 0.379 e. The Balaban J connectivity index is 1.59. The highest BCUT2D eigenvalue weighted by molar-refractivity contribution is 5.84. The summed E-state index contributed by atoms with van der Waals surface area (Å²) in [5, 5.41) is 3.49. The molecule has 0 aromatic carbocycles. The van der Waals surface area contributed by atoms with E-state index in [-0.39, 0.29) is 6.04 Å². The molecule has 7 nitrogen and oxygen atoms in total. The van der Waals surface area contributed by atoms with Crippen LogP contribution in [0.4, 0.5) is 5.82 Å². The van der Waals surface area contributed by atoms with E-state index in [1.165, 1.54) is 5.56 Å². The number of anilines is 1. The van der Waals surface area contributed by atoms with Crippen LogP contribution in [0.3, 0.4) is 0 Å². The first-order valence-corrected chi connectivity index (χ1v) is 8.85. The first-order chi connectivity index (χ1) is 12.8. The van der Waals surface area contributed by atoms with Crippen LogP contribution in [0.2, 0.25) is 0 Å². The van der Waals surface area contributed by atoms with Crippen LogP contribution < -0.4 is 5.32 Å². The van der Waals surface area contributed by atoms with E-state index in [9.17, 15) is 0 Å². The minimum Gasteiger partial charge on any atom is -0.379 e. The van der Waals surface area contributed by atoms with Crippen molar-refractivity contribution in [1.82, 2.24) is 24.8 Å². The Morgan fingerprint density at radius 1 is 1.19 bits per heavy atom. The first kappa shape index (κ1) is 16.8. The SMILES string of the molecule is Cc1ccc2ncnc(NCC(c3cccnc3)N3CCOCC3)c2n1. The number of rotatable bonds is 5. The molecular weight excluding hydrogens is 328 g/mol. The molecule has 4 rings (SSSR count). The van der Waals surface area contributed by atoms with Crippen molar-refractivity contribution in [3.8, 4) is 0 Å². The van der Waals surface area contributed by atoms with Crippen molar-refractivity contribution < 1.29 is 4.74 Å². The molecule has 1 N–H and O–H groups in total. The molecule has 0 spiro atoms. The van der Waals surface area contributed by atoms with E-state index >= 15 is 0 Å². The topological polar surface area (TPSA) is 76.1 Å². The number of pyridine rings is 2. The van der Waals surface area contributed by atoms with Gasteiger partial charge >= 0.3 is 0 Å². The molecule has 1 saturated heterocycles. The summed E-state index contributed by atoms with van der Waals surface area (Å²) in [5.74, 6) is 0.765. The maximum absolute atomic E-state index is 5.51. The molecule has 0 amide bonds. The van der Waals surface area contributed by atoms with Crippen LogP contribution in [0.25, 0.3) is 11.0 Å². The number of hydrogen-bond donors (Lipinski definition) is 1. The molecule has 1 unspecified atom stereocenters. The van der Waals surface area contributed by atoms with Crippen molar-refractivity contribution in [2.75, 3.05) is 38.2 Å². The second kappa shape index (κ2) is 7.72. The minimum absolute atomic E-state index is 0.197. The summed E-state index contributed by atoms with van der Waals surface area (Å²) in [7, 11) is 0. The zero-order valence-electron chi connectivity index (χ0n) is 14.8. The van der Waals surface area contributed by atoms with Crippen LogP contribution in [0, 0.1) is 6.92 Å². The number of nitrogens with zero attached hydrogens (tertiary/aromatic N) is 5. The monoisotopic (exact) mass is 350 g/mol. The summed E-state index contributed by atoms with van der Waals surface area (Å²) in [5.41, 5.74) is 3.79. The van der Waals surface area contributed by atoms with Crippen LogP contribution in [-0.4, -0.2) is 57.7 Å². The fourth-order valence-corrected chi connectivity index (χ4v) is 3.28. The van der Waals surface area contributed by atoms with Gasteiger partial charge in [0.05, 0.1) is 24.8 Å². The van der Waals surface area contributed by atoms with Crippen molar-refractivity contribution in [2.24, 2.45) is 0 Å². The maximum atomic E-state index is 5.51. The zero-order chi connectivity index (χ0) is 17.8. The van der Waals surface area contributed by atoms with Gasteiger partial charge in [-0.15, -0.1) is 0 Å². The molecule has 0 aliphatic carbocycles. The normalized spacial score (nSPS) is 16.5. The highest BCUT2D eigenvalue weighted by Gasteiger charge is 2.23. The molecule has 1 fully saturated rings. The number of morpholine rings is 1. The number of aryl methyl sites for hydroxylation is 1. The molecule has 1 atom stereocenters. The molecule has 0 bridgehead atoms. The lowest BCUT2D eigenvalue weighted by Gasteiger charge is -2.34. The van der Waals surface area contributed by atoms with Crippen LogP contribution in [-0.2, 0) is 4.74 Å². The maximum Gasteiger partial charge on any atom is 0.156 e. The van der Waals surface area contributed by atoms with Crippen LogP contribution in [0.5, 0.6) is 0 Å². The number of aromatic nitrogens is 4. The van der Waals surface area contributed by atoms with E-state index in [4.69, 9.17) is 4.74 Å². The Labute approximate surface area is 152 Å². The summed E-state index contributed by atoms with van der Waals surface area (Å²) in [4.78, 5) is 20.0. The average molecular weight is 350 g/mol. The van der Waals surface area contributed by atoms with E-state index in [1.54, 1.807) is 12.5 Å². The number of fused-ring (bicyclic) bond motifs is 1. The predicted molar refractivity (Wildman–Crippen MR) is 99.9 cm³/mol. The fraction of sp³-hybridized carbons (Fsp3) is 0.368. The van der Waals surface area contributed by atoms with Crippen LogP contribution in [0.1, 0.15) is 17.3 Å². The Morgan fingerprint density at radius 3 is 2.88 bits per heavy atom.